The molecule has 0 N–H and O–H groups in total. The number of hydrogen-bond acceptors (Lipinski definition) is 4. The van der Waals surface area contributed by atoms with Gasteiger partial charge in [-0.1, -0.05) is 41.4 Å². The van der Waals surface area contributed by atoms with Crippen molar-refractivity contribution in [2.75, 3.05) is 0 Å². The molecule has 0 saturated heterocycles. The summed E-state index contributed by atoms with van der Waals surface area (Å²) in [4.78, 5) is 23.5. The SMILES string of the molecule is CCCC[C@@]1(Cc2ccc([N+](=O)[O-])cc2)Oc2ccc(Br)cc2C1=O. The molecule has 6 heteroatoms. The van der Waals surface area contributed by atoms with E-state index >= 15 is 0 Å². The fraction of sp³-hybridized carbons (Fsp3) is 0.316. The highest BCUT2D eigenvalue weighted by molar-refractivity contribution is 9.10. The molecule has 0 saturated carbocycles. The Balaban J connectivity index is 1.92. The van der Waals surface area contributed by atoms with E-state index in [4.69, 9.17) is 4.74 Å². The van der Waals surface area contributed by atoms with E-state index in [1.54, 1.807) is 24.3 Å². The zero-order valence-corrected chi connectivity index (χ0v) is 15.4. The monoisotopic (exact) mass is 403 g/mol. The average Bonchev–Trinajstić information content (AvgIpc) is 2.86. The summed E-state index contributed by atoms with van der Waals surface area (Å²) in [6.07, 6.45) is 2.84. The zero-order chi connectivity index (χ0) is 18.0. The van der Waals surface area contributed by atoms with Crippen LogP contribution in [0, 0.1) is 10.1 Å². The standard InChI is InChI=1S/C19H18BrNO4/c1-2-3-10-19(12-13-4-7-15(8-5-13)21(23)24)18(22)16-11-14(20)6-9-17(16)25-19/h4-9,11H,2-3,10,12H2,1H3/t19-/m0/s1. The minimum atomic E-state index is -0.935. The predicted octanol–water partition coefficient (Wildman–Crippen LogP) is 5.10. The molecule has 1 atom stereocenters. The number of unbranched alkanes of at least 4 members (excludes halogenated alkanes) is 1. The molecule has 0 fully saturated rings. The summed E-state index contributed by atoms with van der Waals surface area (Å²) in [5, 5.41) is 10.8. The van der Waals surface area contributed by atoms with Gasteiger partial charge in [0.1, 0.15) is 5.75 Å². The number of nitro benzene ring substituents is 1. The number of nitro groups is 1. The Morgan fingerprint density at radius 1 is 1.20 bits per heavy atom. The Kier molecular flexibility index (Phi) is 4.90. The van der Waals surface area contributed by atoms with Crippen LogP contribution in [0.3, 0.4) is 0 Å². The number of nitrogens with zero attached hydrogens (tertiary/aromatic N) is 1. The molecule has 1 aliphatic heterocycles. The van der Waals surface area contributed by atoms with Crippen LogP contribution in [0.15, 0.2) is 46.9 Å². The van der Waals surface area contributed by atoms with Crippen molar-refractivity contribution in [1.82, 2.24) is 0 Å². The first-order valence-corrected chi connectivity index (χ1v) is 9.01. The first kappa shape index (κ1) is 17.6. The summed E-state index contributed by atoms with van der Waals surface area (Å²) >= 11 is 3.40. The predicted molar refractivity (Wildman–Crippen MR) is 98.2 cm³/mol. The minimum Gasteiger partial charge on any atom is -0.478 e. The second-order valence-electron chi connectivity index (χ2n) is 6.27. The lowest BCUT2D eigenvalue weighted by molar-refractivity contribution is -0.384. The Hall–Kier alpha value is -2.21. The lowest BCUT2D eigenvalue weighted by Gasteiger charge is -2.27. The van der Waals surface area contributed by atoms with E-state index in [-0.39, 0.29) is 11.5 Å². The van der Waals surface area contributed by atoms with Gasteiger partial charge in [0.25, 0.3) is 5.69 Å². The minimum absolute atomic E-state index is 0.0180. The molecule has 25 heavy (non-hydrogen) atoms. The van der Waals surface area contributed by atoms with Gasteiger partial charge in [0.05, 0.1) is 10.5 Å². The van der Waals surface area contributed by atoms with Gasteiger partial charge < -0.3 is 4.74 Å². The lowest BCUT2D eigenvalue weighted by atomic mass is 9.84. The van der Waals surface area contributed by atoms with Crippen LogP contribution in [-0.2, 0) is 6.42 Å². The molecule has 130 valence electrons. The maximum Gasteiger partial charge on any atom is 0.269 e. The Labute approximate surface area is 154 Å². The highest BCUT2D eigenvalue weighted by Crippen LogP contribution is 2.41. The maximum absolute atomic E-state index is 13.1. The molecule has 1 heterocycles. The Bertz CT molecular complexity index is 819. The van der Waals surface area contributed by atoms with Gasteiger partial charge in [-0.25, -0.2) is 0 Å². The van der Waals surface area contributed by atoms with Crippen LogP contribution < -0.4 is 4.74 Å². The number of ketones is 1. The van der Waals surface area contributed by atoms with Gasteiger partial charge in [0.15, 0.2) is 5.60 Å². The normalized spacial score (nSPS) is 18.7. The van der Waals surface area contributed by atoms with Gasteiger partial charge in [0.2, 0.25) is 5.78 Å². The van der Waals surface area contributed by atoms with Crippen molar-refractivity contribution in [3.05, 3.63) is 68.2 Å². The molecule has 0 radical (unpaired) electrons. The number of carbonyl (C=O) groups is 1. The van der Waals surface area contributed by atoms with Crippen LogP contribution in [0.2, 0.25) is 0 Å². The van der Waals surface area contributed by atoms with Gasteiger partial charge in [-0.15, -0.1) is 0 Å². The van der Waals surface area contributed by atoms with Crippen molar-refractivity contribution in [2.24, 2.45) is 0 Å². The third-order valence-corrected chi connectivity index (χ3v) is 4.97. The molecule has 1 aliphatic rings. The van der Waals surface area contributed by atoms with Crippen LogP contribution in [-0.4, -0.2) is 16.3 Å². The summed E-state index contributed by atoms with van der Waals surface area (Å²) in [5.41, 5.74) is 0.543. The molecule has 0 amide bonds. The van der Waals surface area contributed by atoms with Crippen LogP contribution in [0.4, 0.5) is 5.69 Å². The summed E-state index contributed by atoms with van der Waals surface area (Å²) in [6.45, 7) is 2.07. The lowest BCUT2D eigenvalue weighted by Crippen LogP contribution is -2.42. The smallest absolute Gasteiger partial charge is 0.269 e. The fourth-order valence-corrected chi connectivity index (χ4v) is 3.53. The largest absolute Gasteiger partial charge is 0.478 e. The first-order valence-electron chi connectivity index (χ1n) is 8.22. The van der Waals surface area contributed by atoms with Crippen LogP contribution in [0.1, 0.15) is 42.1 Å². The summed E-state index contributed by atoms with van der Waals surface area (Å²) in [7, 11) is 0. The fourth-order valence-electron chi connectivity index (χ4n) is 3.17. The number of fused-ring (bicyclic) bond motifs is 1. The van der Waals surface area contributed by atoms with E-state index in [0.717, 1.165) is 22.9 Å². The highest BCUT2D eigenvalue weighted by Gasteiger charge is 2.47. The molecule has 3 rings (SSSR count). The average molecular weight is 404 g/mol. The number of non-ortho nitro benzene ring substituents is 1. The van der Waals surface area contributed by atoms with Gasteiger partial charge in [0, 0.05) is 23.0 Å². The second-order valence-corrected chi connectivity index (χ2v) is 7.19. The molecule has 2 aromatic rings. The van der Waals surface area contributed by atoms with Crippen LogP contribution >= 0.6 is 15.9 Å². The summed E-state index contributed by atoms with van der Waals surface area (Å²) < 4.78 is 6.98. The molecule has 0 unspecified atom stereocenters. The number of Topliss-reactive ketones (excluding diaryl/α,β-unsaturated/α-hetero) is 1. The van der Waals surface area contributed by atoms with Crippen LogP contribution in [0.25, 0.3) is 0 Å². The van der Waals surface area contributed by atoms with Crippen LogP contribution in [0.5, 0.6) is 5.75 Å². The third kappa shape index (κ3) is 3.44. The number of benzene rings is 2. The molecular formula is C19H18BrNO4. The van der Waals surface area contributed by atoms with E-state index < -0.39 is 10.5 Å². The van der Waals surface area contributed by atoms with Gasteiger partial charge in [-0.05, 0) is 36.6 Å². The molecule has 0 aromatic heterocycles. The van der Waals surface area contributed by atoms with Gasteiger partial charge >= 0.3 is 0 Å². The van der Waals surface area contributed by atoms with E-state index in [9.17, 15) is 14.9 Å². The molecule has 5 nitrogen and oxygen atoms in total. The Morgan fingerprint density at radius 3 is 2.56 bits per heavy atom. The topological polar surface area (TPSA) is 69.4 Å². The van der Waals surface area contributed by atoms with Gasteiger partial charge in [-0.3, -0.25) is 14.9 Å². The number of hydrogen-bond donors (Lipinski definition) is 0. The summed E-state index contributed by atoms with van der Waals surface area (Å²) in [5.74, 6) is 0.585. The zero-order valence-electron chi connectivity index (χ0n) is 13.8. The molecule has 0 bridgehead atoms. The maximum atomic E-state index is 13.1. The van der Waals surface area contributed by atoms with Crippen molar-refractivity contribution in [2.45, 2.75) is 38.2 Å². The summed E-state index contributed by atoms with van der Waals surface area (Å²) in [6, 6.07) is 11.8. The van der Waals surface area contributed by atoms with Crippen molar-refractivity contribution in [3.8, 4) is 5.75 Å². The number of carbonyl (C=O) groups excluding carboxylic acids is 1. The van der Waals surface area contributed by atoms with E-state index in [2.05, 4.69) is 22.9 Å². The third-order valence-electron chi connectivity index (χ3n) is 4.48. The number of rotatable bonds is 6. The van der Waals surface area contributed by atoms with E-state index in [0.29, 0.717) is 24.2 Å². The van der Waals surface area contributed by atoms with E-state index in [1.165, 1.54) is 12.1 Å². The quantitative estimate of drug-likeness (QED) is 0.496. The molecule has 0 spiro atoms. The highest BCUT2D eigenvalue weighted by atomic mass is 79.9. The molecule has 0 aliphatic carbocycles. The second kappa shape index (κ2) is 6.96. The van der Waals surface area contributed by atoms with Crippen molar-refractivity contribution >= 4 is 27.4 Å². The van der Waals surface area contributed by atoms with Crippen molar-refractivity contribution < 1.29 is 14.5 Å². The Morgan fingerprint density at radius 2 is 1.92 bits per heavy atom. The first-order chi connectivity index (χ1) is 11.9. The van der Waals surface area contributed by atoms with Crippen molar-refractivity contribution in [1.29, 1.82) is 0 Å². The molecular weight excluding hydrogens is 386 g/mol. The number of halogens is 1. The molecule has 2 aromatic carbocycles. The van der Waals surface area contributed by atoms with Crippen molar-refractivity contribution in [3.63, 3.8) is 0 Å². The number of ether oxygens (including phenoxy) is 1. The van der Waals surface area contributed by atoms with Gasteiger partial charge in [-0.2, -0.15) is 0 Å². The van der Waals surface area contributed by atoms with E-state index in [1.807, 2.05) is 6.07 Å².